The molecule has 3 nitrogen and oxygen atoms in total. The Hall–Kier alpha value is -4.24. The van der Waals surface area contributed by atoms with Crippen molar-refractivity contribution in [1.82, 2.24) is 5.43 Å². The Kier molecular flexibility index (Phi) is 6.46. The van der Waals surface area contributed by atoms with Gasteiger partial charge in [0.1, 0.15) is 0 Å². The second-order valence-electron chi connectivity index (χ2n) is 6.99. The molecular formula is C28H22N2O. The van der Waals surface area contributed by atoms with E-state index in [1.807, 2.05) is 127 Å². The molecule has 4 aromatic carbocycles. The molecule has 0 aliphatic carbocycles. The number of carbonyl (C=O) groups is 1. The molecule has 1 amide bonds. The lowest BCUT2D eigenvalue weighted by Crippen LogP contribution is -2.19. The van der Waals surface area contributed by atoms with Crippen molar-refractivity contribution in [1.29, 1.82) is 0 Å². The Morgan fingerprint density at radius 2 is 1.16 bits per heavy atom. The smallest absolute Gasteiger partial charge is 0.267 e. The molecule has 0 heterocycles. The highest BCUT2D eigenvalue weighted by Gasteiger charge is 2.06. The van der Waals surface area contributed by atoms with Crippen molar-refractivity contribution in [2.45, 2.75) is 0 Å². The van der Waals surface area contributed by atoms with Crippen LogP contribution in [-0.4, -0.2) is 11.6 Å². The number of amides is 1. The van der Waals surface area contributed by atoms with Crippen molar-refractivity contribution < 1.29 is 4.79 Å². The van der Waals surface area contributed by atoms with Gasteiger partial charge in [-0.1, -0.05) is 109 Å². The van der Waals surface area contributed by atoms with Crippen molar-refractivity contribution in [3.63, 3.8) is 0 Å². The summed E-state index contributed by atoms with van der Waals surface area (Å²) < 4.78 is 0. The molecular weight excluding hydrogens is 380 g/mol. The molecule has 0 unspecified atom stereocenters. The normalized spacial score (nSPS) is 11.4. The molecule has 0 spiro atoms. The zero-order chi connectivity index (χ0) is 21.3. The van der Waals surface area contributed by atoms with E-state index in [2.05, 4.69) is 10.5 Å². The molecule has 0 atom stereocenters. The standard InChI is InChI=1S/C28H22N2O/c31-28(26-19-17-24(18-20-26)23-12-6-2-7-13-23)30-29-27(25-14-8-3-9-15-25)21-16-22-10-4-1-5-11-22/h1-21H,(H,30,31)/b21-16+,29-27+. The van der Waals surface area contributed by atoms with E-state index in [1.54, 1.807) is 0 Å². The zero-order valence-electron chi connectivity index (χ0n) is 17.0. The number of benzene rings is 4. The molecule has 0 bridgehead atoms. The minimum absolute atomic E-state index is 0.249. The Morgan fingerprint density at radius 3 is 1.81 bits per heavy atom. The van der Waals surface area contributed by atoms with Crippen LogP contribution in [0.2, 0.25) is 0 Å². The number of nitrogens with one attached hydrogen (secondary N) is 1. The van der Waals surface area contributed by atoms with Crippen LogP contribution in [-0.2, 0) is 0 Å². The molecule has 0 aliphatic rings. The molecule has 4 rings (SSSR count). The summed E-state index contributed by atoms with van der Waals surface area (Å²) in [6, 6.07) is 37.4. The molecule has 3 heteroatoms. The van der Waals surface area contributed by atoms with Crippen LogP contribution < -0.4 is 5.43 Å². The fourth-order valence-corrected chi connectivity index (χ4v) is 3.17. The molecule has 31 heavy (non-hydrogen) atoms. The number of nitrogens with zero attached hydrogens (tertiary/aromatic N) is 1. The van der Waals surface area contributed by atoms with Crippen LogP contribution >= 0.6 is 0 Å². The maximum Gasteiger partial charge on any atom is 0.271 e. The van der Waals surface area contributed by atoms with Gasteiger partial charge in [0.2, 0.25) is 0 Å². The first-order valence-electron chi connectivity index (χ1n) is 10.1. The van der Waals surface area contributed by atoms with Crippen molar-refractivity contribution in [2.24, 2.45) is 5.10 Å². The highest BCUT2D eigenvalue weighted by Crippen LogP contribution is 2.19. The van der Waals surface area contributed by atoms with E-state index in [0.29, 0.717) is 11.3 Å². The van der Waals surface area contributed by atoms with Crippen LogP contribution in [0.4, 0.5) is 0 Å². The van der Waals surface area contributed by atoms with Gasteiger partial charge in [-0.2, -0.15) is 5.10 Å². The quantitative estimate of drug-likeness (QED) is 0.303. The molecule has 0 saturated carbocycles. The van der Waals surface area contributed by atoms with E-state index in [9.17, 15) is 4.79 Å². The minimum atomic E-state index is -0.249. The van der Waals surface area contributed by atoms with Crippen molar-refractivity contribution in [2.75, 3.05) is 0 Å². The van der Waals surface area contributed by atoms with E-state index < -0.39 is 0 Å². The third kappa shape index (κ3) is 5.43. The highest BCUT2D eigenvalue weighted by molar-refractivity contribution is 6.11. The first-order chi connectivity index (χ1) is 15.3. The van der Waals surface area contributed by atoms with Crippen LogP contribution in [0.1, 0.15) is 21.5 Å². The van der Waals surface area contributed by atoms with E-state index in [-0.39, 0.29) is 5.91 Å². The van der Waals surface area contributed by atoms with Gasteiger partial charge < -0.3 is 0 Å². The van der Waals surface area contributed by atoms with Gasteiger partial charge in [-0.3, -0.25) is 4.79 Å². The summed E-state index contributed by atoms with van der Waals surface area (Å²) in [6.45, 7) is 0. The summed E-state index contributed by atoms with van der Waals surface area (Å²) in [5.41, 5.74) is 8.10. The first kappa shape index (κ1) is 20.0. The van der Waals surface area contributed by atoms with Crippen molar-refractivity contribution in [3.8, 4) is 11.1 Å². The lowest BCUT2D eigenvalue weighted by molar-refractivity contribution is 0.0955. The van der Waals surface area contributed by atoms with E-state index >= 15 is 0 Å². The topological polar surface area (TPSA) is 41.5 Å². The Balaban J connectivity index is 1.53. The van der Waals surface area contributed by atoms with Gasteiger partial charge in [0.25, 0.3) is 5.91 Å². The monoisotopic (exact) mass is 402 g/mol. The lowest BCUT2D eigenvalue weighted by atomic mass is 10.0. The molecule has 1 N–H and O–H groups in total. The summed E-state index contributed by atoms with van der Waals surface area (Å²) in [4.78, 5) is 12.7. The van der Waals surface area contributed by atoms with Gasteiger partial charge in [-0.15, -0.1) is 0 Å². The van der Waals surface area contributed by atoms with Gasteiger partial charge >= 0.3 is 0 Å². The number of hydrogen-bond acceptors (Lipinski definition) is 2. The molecule has 0 aliphatic heterocycles. The number of rotatable bonds is 6. The van der Waals surface area contributed by atoms with E-state index in [1.165, 1.54) is 0 Å². The second-order valence-corrected chi connectivity index (χ2v) is 6.99. The fourth-order valence-electron chi connectivity index (χ4n) is 3.17. The van der Waals surface area contributed by atoms with E-state index in [0.717, 1.165) is 22.3 Å². The van der Waals surface area contributed by atoms with E-state index in [4.69, 9.17) is 0 Å². The summed E-state index contributed by atoms with van der Waals surface area (Å²) in [5.74, 6) is -0.249. The predicted octanol–water partition coefficient (Wildman–Crippen LogP) is 6.20. The lowest BCUT2D eigenvalue weighted by Gasteiger charge is -2.06. The second kappa shape index (κ2) is 9.99. The van der Waals surface area contributed by atoms with Crippen LogP contribution in [0.3, 0.4) is 0 Å². The number of hydrazone groups is 1. The average Bonchev–Trinajstić information content (AvgIpc) is 2.86. The van der Waals surface area contributed by atoms with Gasteiger partial charge in [0.15, 0.2) is 0 Å². The van der Waals surface area contributed by atoms with Gasteiger partial charge in [0.05, 0.1) is 5.71 Å². The fraction of sp³-hybridized carbons (Fsp3) is 0. The Morgan fingerprint density at radius 1 is 0.613 bits per heavy atom. The number of carbonyl (C=O) groups excluding carboxylic acids is 1. The largest absolute Gasteiger partial charge is 0.271 e. The van der Waals surface area contributed by atoms with Crippen LogP contribution in [0, 0.1) is 0 Å². The summed E-state index contributed by atoms with van der Waals surface area (Å²) in [7, 11) is 0. The Labute approximate surface area is 182 Å². The highest BCUT2D eigenvalue weighted by atomic mass is 16.2. The average molecular weight is 402 g/mol. The maximum atomic E-state index is 12.7. The third-order valence-electron chi connectivity index (χ3n) is 4.83. The van der Waals surface area contributed by atoms with Gasteiger partial charge in [-0.05, 0) is 34.9 Å². The third-order valence-corrected chi connectivity index (χ3v) is 4.83. The molecule has 0 saturated heterocycles. The SMILES string of the molecule is O=C(N/N=C(\C=C\c1ccccc1)c1ccccc1)c1ccc(-c2ccccc2)cc1. The summed E-state index contributed by atoms with van der Waals surface area (Å²) in [6.07, 6.45) is 3.89. The Bertz CT molecular complexity index is 1180. The van der Waals surface area contributed by atoms with Gasteiger partial charge in [0, 0.05) is 11.1 Å². The molecule has 0 aromatic heterocycles. The molecule has 150 valence electrons. The van der Waals surface area contributed by atoms with Gasteiger partial charge in [-0.25, -0.2) is 5.43 Å². The predicted molar refractivity (Wildman–Crippen MR) is 128 cm³/mol. The summed E-state index contributed by atoms with van der Waals surface area (Å²) >= 11 is 0. The molecule has 0 fully saturated rings. The van der Waals surface area contributed by atoms with Crippen molar-refractivity contribution >= 4 is 17.7 Å². The van der Waals surface area contributed by atoms with Crippen LogP contribution in [0.5, 0.6) is 0 Å². The molecule has 4 aromatic rings. The molecule has 0 radical (unpaired) electrons. The summed E-state index contributed by atoms with van der Waals surface area (Å²) in [5, 5.41) is 4.40. The first-order valence-corrected chi connectivity index (χ1v) is 10.1. The number of allylic oxidation sites excluding steroid dienone is 1. The zero-order valence-corrected chi connectivity index (χ0v) is 17.0. The van der Waals surface area contributed by atoms with Crippen LogP contribution in [0.25, 0.3) is 17.2 Å². The van der Waals surface area contributed by atoms with Crippen molar-refractivity contribution in [3.05, 3.63) is 138 Å². The maximum absolute atomic E-state index is 12.7. The minimum Gasteiger partial charge on any atom is -0.267 e. The van der Waals surface area contributed by atoms with Crippen LogP contribution in [0.15, 0.2) is 126 Å². The number of hydrogen-bond donors (Lipinski definition) is 1.